The first kappa shape index (κ1) is 19.8. The number of carbonyl (C=O) groups is 1. The van der Waals surface area contributed by atoms with Crippen molar-refractivity contribution in [2.45, 2.75) is 12.8 Å². The minimum atomic E-state index is -0.442. The number of ether oxygens (including phenoxy) is 1. The van der Waals surface area contributed by atoms with Crippen molar-refractivity contribution in [2.24, 2.45) is 5.73 Å². The molecule has 5 rings (SSSR count). The Hall–Kier alpha value is -4.19. The van der Waals surface area contributed by atoms with Crippen LogP contribution in [0.15, 0.2) is 72.9 Å². The Morgan fingerprint density at radius 2 is 1.75 bits per heavy atom. The fraction of sp³-hybridized carbons (Fsp3) is 0.115. The summed E-state index contributed by atoms with van der Waals surface area (Å²) in [4.78, 5) is 21.0. The SMILES string of the molecule is COc1ccc2c(c1)CCc1cnc(Nc3ccc(-c4ccccc4C(N)=O)cc3)nc1-2. The van der Waals surface area contributed by atoms with Crippen LogP contribution in [-0.4, -0.2) is 23.0 Å². The van der Waals surface area contributed by atoms with Crippen molar-refractivity contribution in [2.75, 3.05) is 12.4 Å². The van der Waals surface area contributed by atoms with Gasteiger partial charge in [-0.2, -0.15) is 0 Å². The summed E-state index contributed by atoms with van der Waals surface area (Å²) < 4.78 is 5.36. The highest BCUT2D eigenvalue weighted by Gasteiger charge is 2.19. The van der Waals surface area contributed by atoms with Crippen molar-refractivity contribution in [3.8, 4) is 28.1 Å². The van der Waals surface area contributed by atoms with Crippen LogP contribution >= 0.6 is 0 Å². The second kappa shape index (κ2) is 8.15. The number of aryl methyl sites for hydroxylation is 2. The summed E-state index contributed by atoms with van der Waals surface area (Å²) >= 11 is 0. The summed E-state index contributed by atoms with van der Waals surface area (Å²) in [6.45, 7) is 0. The van der Waals surface area contributed by atoms with Crippen LogP contribution in [0, 0.1) is 0 Å². The maximum atomic E-state index is 11.7. The van der Waals surface area contributed by atoms with E-state index in [0.717, 1.165) is 52.2 Å². The van der Waals surface area contributed by atoms with Gasteiger partial charge in [0.05, 0.1) is 12.8 Å². The molecule has 0 unspecified atom stereocenters. The zero-order valence-electron chi connectivity index (χ0n) is 17.6. The summed E-state index contributed by atoms with van der Waals surface area (Å²) in [6, 6.07) is 21.2. The number of primary amides is 1. The Morgan fingerprint density at radius 3 is 2.53 bits per heavy atom. The molecule has 0 atom stereocenters. The van der Waals surface area contributed by atoms with Crippen molar-refractivity contribution in [1.82, 2.24) is 9.97 Å². The zero-order valence-corrected chi connectivity index (χ0v) is 17.6. The molecule has 1 aromatic heterocycles. The van der Waals surface area contributed by atoms with Crippen LogP contribution < -0.4 is 15.8 Å². The van der Waals surface area contributed by atoms with E-state index in [1.165, 1.54) is 5.56 Å². The molecule has 158 valence electrons. The van der Waals surface area contributed by atoms with Crippen molar-refractivity contribution in [3.05, 3.63) is 89.6 Å². The molecule has 3 N–H and O–H groups in total. The fourth-order valence-electron chi connectivity index (χ4n) is 4.10. The highest BCUT2D eigenvalue weighted by molar-refractivity contribution is 5.99. The lowest BCUT2D eigenvalue weighted by molar-refractivity contribution is 0.100. The number of nitrogens with zero attached hydrogens (tertiary/aromatic N) is 2. The number of nitrogens with one attached hydrogen (secondary N) is 1. The van der Waals surface area contributed by atoms with Gasteiger partial charge in [0.15, 0.2) is 0 Å². The van der Waals surface area contributed by atoms with Crippen LogP contribution in [0.5, 0.6) is 5.75 Å². The number of benzene rings is 3. The van der Waals surface area contributed by atoms with Crippen LogP contribution in [-0.2, 0) is 12.8 Å². The standard InChI is InChI=1S/C26H22N4O2/c1-32-20-12-13-22-17(14-20)6-7-18-15-28-26(30-24(18)22)29-19-10-8-16(9-11-19)21-4-2-3-5-23(21)25(27)31/h2-5,8-15H,6-7H2,1H3,(H2,27,31)(H,28,29,30). The first-order chi connectivity index (χ1) is 15.6. The summed E-state index contributed by atoms with van der Waals surface area (Å²) in [6.07, 6.45) is 3.75. The van der Waals surface area contributed by atoms with Crippen molar-refractivity contribution >= 4 is 17.5 Å². The summed E-state index contributed by atoms with van der Waals surface area (Å²) in [7, 11) is 1.68. The first-order valence-corrected chi connectivity index (χ1v) is 10.4. The van der Waals surface area contributed by atoms with E-state index in [9.17, 15) is 4.79 Å². The number of aromatic nitrogens is 2. The van der Waals surface area contributed by atoms with E-state index in [1.807, 2.05) is 48.7 Å². The molecule has 1 aliphatic rings. The Morgan fingerprint density at radius 1 is 0.969 bits per heavy atom. The topological polar surface area (TPSA) is 90.1 Å². The van der Waals surface area contributed by atoms with Gasteiger partial charge in [-0.05, 0) is 71.5 Å². The molecular formula is C26H22N4O2. The van der Waals surface area contributed by atoms with Gasteiger partial charge in [-0.1, -0.05) is 30.3 Å². The second-order valence-electron chi connectivity index (χ2n) is 7.70. The smallest absolute Gasteiger partial charge is 0.249 e. The van der Waals surface area contributed by atoms with E-state index in [0.29, 0.717) is 11.5 Å². The maximum Gasteiger partial charge on any atom is 0.249 e. The minimum absolute atomic E-state index is 0.442. The van der Waals surface area contributed by atoms with Crippen LogP contribution in [0.25, 0.3) is 22.4 Å². The Balaban J connectivity index is 1.42. The monoisotopic (exact) mass is 422 g/mol. The first-order valence-electron chi connectivity index (χ1n) is 10.4. The molecule has 3 aromatic carbocycles. The van der Waals surface area contributed by atoms with Gasteiger partial charge in [0, 0.05) is 23.0 Å². The van der Waals surface area contributed by atoms with Crippen LogP contribution in [0.3, 0.4) is 0 Å². The normalized spacial score (nSPS) is 11.9. The third-order valence-electron chi connectivity index (χ3n) is 5.74. The number of fused-ring (bicyclic) bond motifs is 3. The van der Waals surface area contributed by atoms with E-state index in [2.05, 4.69) is 22.4 Å². The predicted molar refractivity (Wildman–Crippen MR) is 125 cm³/mol. The molecule has 6 nitrogen and oxygen atoms in total. The van der Waals surface area contributed by atoms with Gasteiger partial charge in [-0.25, -0.2) is 9.97 Å². The molecule has 0 saturated carbocycles. The fourth-order valence-corrected chi connectivity index (χ4v) is 4.10. The summed E-state index contributed by atoms with van der Waals surface area (Å²) in [5.74, 6) is 0.957. The highest BCUT2D eigenvalue weighted by atomic mass is 16.5. The van der Waals surface area contributed by atoms with Crippen molar-refractivity contribution < 1.29 is 9.53 Å². The molecular weight excluding hydrogens is 400 g/mol. The maximum absolute atomic E-state index is 11.7. The van der Waals surface area contributed by atoms with Crippen molar-refractivity contribution in [1.29, 1.82) is 0 Å². The summed E-state index contributed by atoms with van der Waals surface area (Å²) in [5, 5.41) is 3.28. The molecule has 1 heterocycles. The largest absolute Gasteiger partial charge is 0.497 e. The van der Waals surface area contributed by atoms with Gasteiger partial charge in [0.2, 0.25) is 11.9 Å². The van der Waals surface area contributed by atoms with E-state index >= 15 is 0 Å². The molecule has 0 bridgehead atoms. The second-order valence-corrected chi connectivity index (χ2v) is 7.70. The molecule has 1 amide bonds. The van der Waals surface area contributed by atoms with Crippen LogP contribution in [0.2, 0.25) is 0 Å². The molecule has 6 heteroatoms. The molecule has 0 aliphatic heterocycles. The van der Waals surface area contributed by atoms with Gasteiger partial charge >= 0.3 is 0 Å². The number of rotatable bonds is 5. The van der Waals surface area contributed by atoms with Crippen molar-refractivity contribution in [3.63, 3.8) is 0 Å². The Kier molecular flexibility index (Phi) is 5.03. The van der Waals surface area contributed by atoms with E-state index < -0.39 is 5.91 Å². The average molecular weight is 422 g/mol. The van der Waals surface area contributed by atoms with Gasteiger partial charge in [0.1, 0.15) is 5.75 Å². The lowest BCUT2D eigenvalue weighted by Gasteiger charge is -2.20. The number of hydrogen-bond acceptors (Lipinski definition) is 5. The molecule has 0 fully saturated rings. The summed E-state index contributed by atoms with van der Waals surface area (Å²) in [5.41, 5.74) is 13.1. The highest BCUT2D eigenvalue weighted by Crippen LogP contribution is 2.34. The molecule has 0 saturated heterocycles. The molecule has 1 aliphatic carbocycles. The number of carbonyl (C=O) groups excluding carboxylic acids is 1. The van der Waals surface area contributed by atoms with Gasteiger partial charge in [-0.15, -0.1) is 0 Å². The van der Waals surface area contributed by atoms with Gasteiger partial charge in [-0.3, -0.25) is 4.79 Å². The number of anilines is 2. The minimum Gasteiger partial charge on any atom is -0.497 e. The number of nitrogens with two attached hydrogens (primary N) is 1. The third-order valence-corrected chi connectivity index (χ3v) is 5.74. The van der Waals surface area contributed by atoms with Gasteiger partial charge in [0.25, 0.3) is 0 Å². The van der Waals surface area contributed by atoms with E-state index in [1.54, 1.807) is 19.2 Å². The quantitative estimate of drug-likeness (QED) is 0.484. The number of methoxy groups -OCH3 is 1. The molecule has 0 radical (unpaired) electrons. The Labute approximate surface area is 186 Å². The predicted octanol–water partition coefficient (Wildman–Crippen LogP) is 4.76. The Bertz CT molecular complexity index is 1320. The number of hydrogen-bond donors (Lipinski definition) is 2. The molecule has 32 heavy (non-hydrogen) atoms. The lowest BCUT2D eigenvalue weighted by atomic mass is 9.90. The lowest BCUT2D eigenvalue weighted by Crippen LogP contribution is -2.12. The van der Waals surface area contributed by atoms with Gasteiger partial charge < -0.3 is 15.8 Å². The van der Waals surface area contributed by atoms with E-state index in [-0.39, 0.29) is 0 Å². The third kappa shape index (κ3) is 3.67. The van der Waals surface area contributed by atoms with Crippen LogP contribution in [0.1, 0.15) is 21.5 Å². The average Bonchev–Trinajstić information content (AvgIpc) is 2.84. The molecule has 4 aromatic rings. The van der Waals surface area contributed by atoms with E-state index in [4.69, 9.17) is 15.5 Å². The zero-order chi connectivity index (χ0) is 22.1. The number of amides is 1. The molecule has 0 spiro atoms. The van der Waals surface area contributed by atoms with Crippen LogP contribution in [0.4, 0.5) is 11.6 Å².